The number of nitrogens with one attached hydrogen (secondary N) is 2. The molecule has 1 atom stereocenters. The Hall–Kier alpha value is -2.57. The summed E-state index contributed by atoms with van der Waals surface area (Å²) in [7, 11) is 0. The second-order valence-electron chi connectivity index (χ2n) is 6.74. The highest BCUT2D eigenvalue weighted by Gasteiger charge is 2.24. The SMILES string of the molecule is CCN[C@H]1CCN(c2nc(Nc3ccc(Cl)c(N)c3)nc3ccccc23)C1. The van der Waals surface area contributed by atoms with E-state index >= 15 is 0 Å². The summed E-state index contributed by atoms with van der Waals surface area (Å²) in [6, 6.07) is 14.0. The Morgan fingerprint density at radius 3 is 2.89 bits per heavy atom. The van der Waals surface area contributed by atoms with Crippen LogP contribution >= 0.6 is 11.6 Å². The molecule has 0 spiro atoms. The van der Waals surface area contributed by atoms with Gasteiger partial charge in [-0.05, 0) is 43.3 Å². The van der Waals surface area contributed by atoms with Crippen LogP contribution in [0.3, 0.4) is 0 Å². The van der Waals surface area contributed by atoms with E-state index in [1.54, 1.807) is 12.1 Å². The van der Waals surface area contributed by atoms with Crippen molar-refractivity contribution in [1.29, 1.82) is 0 Å². The van der Waals surface area contributed by atoms with Crippen molar-refractivity contribution in [3.63, 3.8) is 0 Å². The second-order valence-corrected chi connectivity index (χ2v) is 7.15. The topological polar surface area (TPSA) is 79.1 Å². The Bertz CT molecular complexity index is 960. The van der Waals surface area contributed by atoms with Gasteiger partial charge in [-0.2, -0.15) is 4.98 Å². The second kappa shape index (κ2) is 7.58. The molecule has 140 valence electrons. The normalized spacial score (nSPS) is 16.8. The zero-order chi connectivity index (χ0) is 18.8. The van der Waals surface area contributed by atoms with Crippen LogP contribution in [0.1, 0.15) is 13.3 Å². The molecule has 27 heavy (non-hydrogen) atoms. The lowest BCUT2D eigenvalue weighted by molar-refractivity contribution is 0.571. The maximum absolute atomic E-state index is 6.02. The van der Waals surface area contributed by atoms with Gasteiger partial charge in [0.15, 0.2) is 0 Å². The number of nitrogens with zero attached hydrogens (tertiary/aromatic N) is 3. The molecule has 0 saturated carbocycles. The lowest BCUT2D eigenvalue weighted by Gasteiger charge is -2.20. The quantitative estimate of drug-likeness (QED) is 0.582. The van der Waals surface area contributed by atoms with Crippen LogP contribution in [0.5, 0.6) is 0 Å². The van der Waals surface area contributed by atoms with Gasteiger partial charge < -0.3 is 21.3 Å². The van der Waals surface area contributed by atoms with E-state index in [0.29, 0.717) is 22.7 Å². The van der Waals surface area contributed by atoms with Crippen molar-refractivity contribution in [1.82, 2.24) is 15.3 Å². The molecule has 2 aromatic carbocycles. The molecule has 0 radical (unpaired) electrons. The number of aromatic nitrogens is 2. The molecule has 4 rings (SSSR count). The number of para-hydroxylation sites is 1. The highest BCUT2D eigenvalue weighted by molar-refractivity contribution is 6.33. The summed E-state index contributed by atoms with van der Waals surface area (Å²) in [5.41, 5.74) is 8.16. The van der Waals surface area contributed by atoms with Crippen LogP contribution in [0.25, 0.3) is 10.9 Å². The molecule has 1 aliphatic heterocycles. The molecule has 7 heteroatoms. The van der Waals surface area contributed by atoms with Crippen LogP contribution in [0.15, 0.2) is 42.5 Å². The highest BCUT2D eigenvalue weighted by Crippen LogP contribution is 2.30. The van der Waals surface area contributed by atoms with Gasteiger partial charge in [0.1, 0.15) is 5.82 Å². The van der Waals surface area contributed by atoms with E-state index in [4.69, 9.17) is 22.3 Å². The molecule has 1 fully saturated rings. The summed E-state index contributed by atoms with van der Waals surface area (Å²) in [5.74, 6) is 1.52. The fraction of sp³-hybridized carbons (Fsp3) is 0.300. The summed E-state index contributed by atoms with van der Waals surface area (Å²) >= 11 is 6.02. The van der Waals surface area contributed by atoms with Gasteiger partial charge in [0, 0.05) is 30.2 Å². The monoisotopic (exact) mass is 382 g/mol. The molecule has 0 amide bonds. The van der Waals surface area contributed by atoms with E-state index in [9.17, 15) is 0 Å². The molecular weight excluding hydrogens is 360 g/mol. The lowest BCUT2D eigenvalue weighted by Crippen LogP contribution is -2.32. The average Bonchev–Trinajstić information content (AvgIpc) is 3.13. The van der Waals surface area contributed by atoms with E-state index in [1.807, 2.05) is 24.3 Å². The standard InChI is InChI=1S/C20H23ClN6/c1-2-23-14-9-10-27(12-14)19-15-5-3-4-6-18(15)25-20(26-19)24-13-7-8-16(21)17(22)11-13/h3-8,11,14,23H,2,9-10,12,22H2,1H3,(H,24,25,26)/t14-/m0/s1. The number of benzene rings is 2. The van der Waals surface area contributed by atoms with Crippen molar-refractivity contribution in [2.45, 2.75) is 19.4 Å². The first kappa shape index (κ1) is 17.8. The number of rotatable bonds is 5. The molecule has 4 N–H and O–H groups in total. The first-order chi connectivity index (χ1) is 13.1. The first-order valence-corrected chi connectivity index (χ1v) is 9.59. The summed E-state index contributed by atoms with van der Waals surface area (Å²) in [6.45, 7) is 5.05. The number of hydrogen-bond donors (Lipinski definition) is 3. The maximum atomic E-state index is 6.02. The Morgan fingerprint density at radius 2 is 2.07 bits per heavy atom. The van der Waals surface area contributed by atoms with Crippen LogP contribution in [0.4, 0.5) is 23.1 Å². The van der Waals surface area contributed by atoms with Crippen molar-refractivity contribution in [3.05, 3.63) is 47.5 Å². The molecule has 2 heterocycles. The van der Waals surface area contributed by atoms with E-state index in [-0.39, 0.29) is 0 Å². The minimum absolute atomic E-state index is 0.496. The Morgan fingerprint density at radius 1 is 1.22 bits per heavy atom. The van der Waals surface area contributed by atoms with Crippen LogP contribution < -0.4 is 21.3 Å². The van der Waals surface area contributed by atoms with E-state index in [2.05, 4.69) is 33.5 Å². The zero-order valence-corrected chi connectivity index (χ0v) is 16.0. The summed E-state index contributed by atoms with van der Waals surface area (Å²) < 4.78 is 0. The van der Waals surface area contributed by atoms with Gasteiger partial charge in [-0.3, -0.25) is 0 Å². The molecule has 1 aliphatic rings. The number of halogens is 1. The number of nitrogens with two attached hydrogens (primary N) is 1. The van der Waals surface area contributed by atoms with Gasteiger partial charge >= 0.3 is 0 Å². The minimum atomic E-state index is 0.496. The van der Waals surface area contributed by atoms with Crippen LogP contribution in [-0.4, -0.2) is 35.6 Å². The van der Waals surface area contributed by atoms with Crippen molar-refractivity contribution < 1.29 is 0 Å². The fourth-order valence-electron chi connectivity index (χ4n) is 3.52. The van der Waals surface area contributed by atoms with E-state index in [0.717, 1.165) is 48.5 Å². The van der Waals surface area contributed by atoms with Crippen LogP contribution in [0.2, 0.25) is 5.02 Å². The number of hydrogen-bond acceptors (Lipinski definition) is 6. The molecule has 0 aliphatic carbocycles. The van der Waals surface area contributed by atoms with Crippen LogP contribution in [0, 0.1) is 0 Å². The molecule has 1 saturated heterocycles. The Balaban J connectivity index is 1.69. The highest BCUT2D eigenvalue weighted by atomic mass is 35.5. The molecule has 0 unspecified atom stereocenters. The largest absolute Gasteiger partial charge is 0.397 e. The predicted molar refractivity (Wildman–Crippen MR) is 113 cm³/mol. The van der Waals surface area contributed by atoms with Crippen molar-refractivity contribution in [3.8, 4) is 0 Å². The average molecular weight is 383 g/mol. The molecular formula is C20H23ClN6. The Kier molecular flexibility index (Phi) is 5.01. The minimum Gasteiger partial charge on any atom is -0.397 e. The summed E-state index contributed by atoms with van der Waals surface area (Å²) in [6.07, 6.45) is 1.11. The van der Waals surface area contributed by atoms with Gasteiger partial charge in [-0.15, -0.1) is 0 Å². The lowest BCUT2D eigenvalue weighted by atomic mass is 10.2. The number of anilines is 4. The van der Waals surface area contributed by atoms with Gasteiger partial charge in [0.25, 0.3) is 0 Å². The van der Waals surface area contributed by atoms with E-state index < -0.39 is 0 Å². The van der Waals surface area contributed by atoms with Gasteiger partial charge in [-0.25, -0.2) is 4.98 Å². The molecule has 0 bridgehead atoms. The zero-order valence-electron chi connectivity index (χ0n) is 15.2. The van der Waals surface area contributed by atoms with Crippen molar-refractivity contribution in [2.24, 2.45) is 0 Å². The maximum Gasteiger partial charge on any atom is 0.229 e. The van der Waals surface area contributed by atoms with Crippen molar-refractivity contribution >= 4 is 45.6 Å². The van der Waals surface area contributed by atoms with E-state index in [1.165, 1.54) is 0 Å². The van der Waals surface area contributed by atoms with Crippen LogP contribution in [-0.2, 0) is 0 Å². The van der Waals surface area contributed by atoms with Gasteiger partial charge in [0.05, 0.1) is 16.2 Å². The smallest absolute Gasteiger partial charge is 0.229 e. The number of nitrogen functional groups attached to an aromatic ring is 1. The summed E-state index contributed by atoms with van der Waals surface area (Å²) in [4.78, 5) is 11.8. The fourth-order valence-corrected chi connectivity index (χ4v) is 3.63. The van der Waals surface area contributed by atoms with Crippen molar-refractivity contribution in [2.75, 3.05) is 35.6 Å². The number of fused-ring (bicyclic) bond motifs is 1. The number of likely N-dealkylation sites (N-methyl/N-ethyl adjacent to an activating group) is 1. The third-order valence-corrected chi connectivity index (χ3v) is 5.16. The van der Waals surface area contributed by atoms with Gasteiger partial charge in [-0.1, -0.05) is 30.7 Å². The first-order valence-electron chi connectivity index (χ1n) is 9.21. The van der Waals surface area contributed by atoms with Gasteiger partial charge in [0.2, 0.25) is 5.95 Å². The third-order valence-electron chi connectivity index (χ3n) is 4.82. The third kappa shape index (κ3) is 3.77. The molecule has 3 aromatic rings. The Labute approximate surface area is 163 Å². The molecule has 6 nitrogen and oxygen atoms in total. The predicted octanol–water partition coefficient (Wildman–Crippen LogP) is 3.80. The summed E-state index contributed by atoms with van der Waals surface area (Å²) in [5, 5.41) is 8.39. The molecule has 1 aromatic heterocycles.